The molecule has 0 atom stereocenters. The van der Waals surface area contributed by atoms with Crippen molar-refractivity contribution in [2.75, 3.05) is 7.05 Å². The number of H-pyrrole nitrogens is 2. The summed E-state index contributed by atoms with van der Waals surface area (Å²) in [5.74, 6) is -0.244. The van der Waals surface area contributed by atoms with Gasteiger partial charge in [-0.1, -0.05) is 57.3 Å². The summed E-state index contributed by atoms with van der Waals surface area (Å²) in [6.45, 7) is 12.1. The maximum atomic E-state index is 15.4. The molecule has 248 valence electrons. The first kappa shape index (κ1) is 34.5. The van der Waals surface area contributed by atoms with Crippen LogP contribution in [0.1, 0.15) is 30.5 Å². The molecule has 3 aromatic carbocycles. The summed E-state index contributed by atoms with van der Waals surface area (Å²) in [5, 5.41) is 14.6. The summed E-state index contributed by atoms with van der Waals surface area (Å²) in [6.07, 6.45) is 5.10. The fourth-order valence-electron chi connectivity index (χ4n) is 5.47. The van der Waals surface area contributed by atoms with Crippen molar-refractivity contribution in [3.8, 4) is 33.9 Å². The zero-order valence-corrected chi connectivity index (χ0v) is 27.7. The van der Waals surface area contributed by atoms with E-state index in [1.807, 2.05) is 57.3 Å². The van der Waals surface area contributed by atoms with Gasteiger partial charge in [-0.2, -0.15) is 5.10 Å². The van der Waals surface area contributed by atoms with Gasteiger partial charge < -0.3 is 15.6 Å². The van der Waals surface area contributed by atoms with Crippen molar-refractivity contribution in [2.45, 2.75) is 33.5 Å². The van der Waals surface area contributed by atoms with Crippen LogP contribution in [-0.2, 0) is 19.6 Å². The number of imidazole rings is 1. The van der Waals surface area contributed by atoms with Gasteiger partial charge in [-0.3, -0.25) is 15.1 Å². The van der Waals surface area contributed by atoms with Gasteiger partial charge in [0.05, 0.1) is 16.7 Å². The molecule has 0 aliphatic heterocycles. The number of hydrogen-bond donors (Lipinski definition) is 4. The fourth-order valence-corrected chi connectivity index (χ4v) is 5.47. The van der Waals surface area contributed by atoms with E-state index in [0.717, 1.165) is 23.2 Å². The summed E-state index contributed by atoms with van der Waals surface area (Å²) >= 11 is 0. The second-order valence-electron chi connectivity index (χ2n) is 10.9. The Balaban J connectivity index is 0.000000889. The molecule has 4 heterocycles. The Morgan fingerprint density at radius 3 is 2.33 bits per heavy atom. The van der Waals surface area contributed by atoms with Crippen molar-refractivity contribution < 1.29 is 8.78 Å². The summed E-state index contributed by atoms with van der Waals surface area (Å²) in [7, 11) is 1.81. The lowest BCUT2D eigenvalue weighted by atomic mass is 10.0. The van der Waals surface area contributed by atoms with E-state index in [0.29, 0.717) is 63.4 Å². The van der Waals surface area contributed by atoms with Crippen LogP contribution in [0.4, 0.5) is 8.78 Å². The molecular formula is C39H38F2N8. The monoisotopic (exact) mass is 656 g/mol. The van der Waals surface area contributed by atoms with Crippen LogP contribution in [0.5, 0.6) is 0 Å². The predicted octanol–water partition coefficient (Wildman–Crippen LogP) is 8.50. The van der Waals surface area contributed by atoms with Gasteiger partial charge in [-0.15, -0.1) is 5.73 Å². The summed E-state index contributed by atoms with van der Waals surface area (Å²) in [5.41, 5.74) is 9.81. The van der Waals surface area contributed by atoms with E-state index < -0.39 is 0 Å². The van der Waals surface area contributed by atoms with Crippen LogP contribution in [0.3, 0.4) is 0 Å². The van der Waals surface area contributed by atoms with Gasteiger partial charge in [0.2, 0.25) is 0 Å². The molecule has 0 aliphatic carbocycles. The van der Waals surface area contributed by atoms with Crippen molar-refractivity contribution in [2.24, 2.45) is 0 Å². The molecule has 0 saturated heterocycles. The van der Waals surface area contributed by atoms with E-state index >= 15 is 4.39 Å². The van der Waals surface area contributed by atoms with Gasteiger partial charge in [0.15, 0.2) is 5.82 Å². The van der Waals surface area contributed by atoms with Crippen LogP contribution in [0.25, 0.3) is 55.8 Å². The van der Waals surface area contributed by atoms with Crippen molar-refractivity contribution in [3.63, 3.8) is 0 Å². The Morgan fingerprint density at radius 2 is 1.55 bits per heavy atom. The lowest BCUT2D eigenvalue weighted by molar-refractivity contribution is 0.624. The number of nitrogens with one attached hydrogen (secondary N) is 4. The van der Waals surface area contributed by atoms with Gasteiger partial charge in [-0.25, -0.2) is 13.8 Å². The Labute approximate surface area is 284 Å². The number of pyridine rings is 2. The summed E-state index contributed by atoms with van der Waals surface area (Å²) in [4.78, 5) is 17.1. The summed E-state index contributed by atoms with van der Waals surface area (Å²) in [6, 6.07) is 21.9. The average molecular weight is 657 g/mol. The molecule has 4 N–H and O–H groups in total. The highest BCUT2D eigenvalue weighted by Crippen LogP contribution is 2.34. The molecule has 0 fully saturated rings. The number of fused-ring (bicyclic) bond motifs is 2. The maximum absolute atomic E-state index is 15.4. The van der Waals surface area contributed by atoms with E-state index in [9.17, 15) is 4.39 Å². The second kappa shape index (κ2) is 16.3. The first-order valence-corrected chi connectivity index (χ1v) is 15.9. The van der Waals surface area contributed by atoms with Crippen molar-refractivity contribution in [1.29, 1.82) is 0 Å². The third-order valence-electron chi connectivity index (χ3n) is 7.49. The Kier molecular flexibility index (Phi) is 11.5. The number of halogens is 2. The largest absolute Gasteiger partial charge is 0.336 e. The molecule has 0 bridgehead atoms. The number of benzene rings is 3. The topological polar surface area (TPSA) is 107 Å². The van der Waals surface area contributed by atoms with Crippen molar-refractivity contribution >= 4 is 21.9 Å². The second-order valence-corrected chi connectivity index (χ2v) is 10.9. The highest BCUT2D eigenvalue weighted by Gasteiger charge is 2.19. The van der Waals surface area contributed by atoms with Gasteiger partial charge in [0.1, 0.15) is 22.8 Å². The van der Waals surface area contributed by atoms with E-state index in [2.05, 4.69) is 66.8 Å². The highest BCUT2D eigenvalue weighted by atomic mass is 19.1. The van der Waals surface area contributed by atoms with Gasteiger partial charge >= 0.3 is 0 Å². The Bertz CT molecular complexity index is 2200. The van der Waals surface area contributed by atoms with E-state index in [1.165, 1.54) is 23.8 Å². The lowest BCUT2D eigenvalue weighted by Crippen LogP contribution is -2.12. The maximum Gasteiger partial charge on any atom is 0.159 e. The normalized spacial score (nSPS) is 10.6. The van der Waals surface area contributed by atoms with E-state index in [4.69, 9.17) is 4.98 Å². The standard InChI is InChI=1S/C34H28F2N8.C3H4.C2H6/c1-37-15-21-9-23(12-25(35)11-21)31-33-29(7-8-40-31)41-34(42-33)32-27-13-26(28(36)14-30(27)43-44-32)24-10-22(18-39-19-24)17-38-16-20-5-3-2-4-6-20;1-3-2;1-2/h2-14,18-19,37-38H,15-17H2,1H3,(H,41,42)(H,43,44);1-2H2;1-2H3. The SMILES string of the molecule is C=C=C.CC.CNCc1cc(F)cc(-c2nccc3[nH]c(-c4n[nH]c5cc(F)c(-c6cncc(CNCc7ccccc7)c6)cc45)nc23)c1. The molecule has 0 radical (unpaired) electrons. The first-order valence-electron chi connectivity index (χ1n) is 15.9. The van der Waals surface area contributed by atoms with E-state index in [-0.39, 0.29) is 11.6 Å². The molecule has 49 heavy (non-hydrogen) atoms. The number of hydrogen-bond acceptors (Lipinski definition) is 6. The quantitative estimate of drug-likeness (QED) is 0.116. The predicted molar refractivity (Wildman–Crippen MR) is 193 cm³/mol. The van der Waals surface area contributed by atoms with Crippen LogP contribution < -0.4 is 10.6 Å². The molecule has 0 saturated carbocycles. The fraction of sp³-hybridized carbons (Fsp3) is 0.154. The third-order valence-corrected chi connectivity index (χ3v) is 7.49. The minimum atomic E-state index is -0.386. The van der Waals surface area contributed by atoms with Crippen LogP contribution >= 0.6 is 0 Å². The average Bonchev–Trinajstić information content (AvgIpc) is 3.73. The first-order chi connectivity index (χ1) is 24.0. The van der Waals surface area contributed by atoms with Crippen LogP contribution in [0, 0.1) is 11.6 Å². The number of aromatic nitrogens is 6. The molecule has 8 nitrogen and oxygen atoms in total. The van der Waals surface area contributed by atoms with E-state index in [1.54, 1.807) is 24.7 Å². The molecule has 0 amide bonds. The smallest absolute Gasteiger partial charge is 0.159 e. The number of rotatable bonds is 9. The van der Waals surface area contributed by atoms with Crippen LogP contribution in [0.15, 0.2) is 110 Å². The molecule has 0 spiro atoms. The molecule has 7 aromatic rings. The minimum Gasteiger partial charge on any atom is -0.336 e. The Morgan fingerprint density at radius 1 is 0.796 bits per heavy atom. The van der Waals surface area contributed by atoms with Gasteiger partial charge in [-0.05, 0) is 60.1 Å². The summed E-state index contributed by atoms with van der Waals surface area (Å²) < 4.78 is 29.9. The number of nitrogens with zero attached hydrogens (tertiary/aromatic N) is 4. The van der Waals surface area contributed by atoms with Crippen molar-refractivity contribution in [1.82, 2.24) is 40.8 Å². The molecular weight excluding hydrogens is 618 g/mol. The molecule has 0 unspecified atom stereocenters. The Hall–Kier alpha value is -5.80. The molecule has 4 aromatic heterocycles. The van der Waals surface area contributed by atoms with Crippen LogP contribution in [-0.4, -0.2) is 37.2 Å². The molecule has 0 aliphatic rings. The highest BCUT2D eigenvalue weighted by molar-refractivity contribution is 5.97. The zero-order valence-electron chi connectivity index (χ0n) is 27.7. The molecule has 10 heteroatoms. The van der Waals surface area contributed by atoms with Crippen LogP contribution in [0.2, 0.25) is 0 Å². The zero-order chi connectivity index (χ0) is 34.8. The molecule has 7 rings (SSSR count). The lowest BCUT2D eigenvalue weighted by Gasteiger charge is -2.08. The van der Waals surface area contributed by atoms with Crippen molar-refractivity contribution in [3.05, 3.63) is 139 Å². The minimum absolute atomic E-state index is 0.347. The number of aromatic amines is 2. The van der Waals surface area contributed by atoms with Gasteiger partial charge in [0.25, 0.3) is 0 Å². The third kappa shape index (κ3) is 8.02. The van der Waals surface area contributed by atoms with Gasteiger partial charge in [0, 0.05) is 66.4 Å².